The van der Waals surface area contributed by atoms with Crippen molar-refractivity contribution in [2.75, 3.05) is 19.0 Å². The second kappa shape index (κ2) is 11.2. The fourth-order valence-electron chi connectivity index (χ4n) is 4.07. The van der Waals surface area contributed by atoms with Crippen molar-refractivity contribution < 1.29 is 27.4 Å². The van der Waals surface area contributed by atoms with Crippen molar-refractivity contribution in [1.82, 2.24) is 24.3 Å². The number of aromatic nitrogens is 5. The van der Waals surface area contributed by atoms with Crippen molar-refractivity contribution in [3.05, 3.63) is 75.6 Å². The van der Waals surface area contributed by atoms with Crippen molar-refractivity contribution >= 4 is 17.6 Å². The molecule has 210 valence electrons. The number of aryl methyl sites for hydroxylation is 3. The Balaban J connectivity index is 1.93. The monoisotopic (exact) mass is 556 g/mol. The second-order valence-corrected chi connectivity index (χ2v) is 8.83. The Morgan fingerprint density at radius 2 is 1.85 bits per heavy atom. The first-order valence-electron chi connectivity index (χ1n) is 12.3. The summed E-state index contributed by atoms with van der Waals surface area (Å²) in [6.45, 7) is 6.94. The van der Waals surface area contributed by atoms with E-state index < -0.39 is 23.4 Å². The number of carbonyl (C=O) groups excluding carboxylic acids is 1. The van der Waals surface area contributed by atoms with Crippen LogP contribution >= 0.6 is 0 Å². The molecular formula is C27H27F3N6O4. The molecule has 0 amide bonds. The van der Waals surface area contributed by atoms with E-state index in [1.54, 1.807) is 19.9 Å². The molecule has 0 unspecified atom stereocenters. The number of ether oxygens (including phenoxy) is 2. The van der Waals surface area contributed by atoms with Crippen molar-refractivity contribution in [2.24, 2.45) is 0 Å². The number of methoxy groups -OCH3 is 1. The van der Waals surface area contributed by atoms with Crippen LogP contribution in [0.25, 0.3) is 16.9 Å². The number of rotatable bonds is 8. The molecule has 0 atom stereocenters. The third kappa shape index (κ3) is 5.82. The minimum absolute atomic E-state index is 0.00114. The molecule has 0 aliphatic rings. The fraction of sp³-hybridized carbons (Fsp3) is 0.296. The summed E-state index contributed by atoms with van der Waals surface area (Å²) < 4.78 is 53.3. The highest BCUT2D eigenvalue weighted by Gasteiger charge is 2.35. The maximum absolute atomic E-state index is 13.5. The highest BCUT2D eigenvalue weighted by atomic mass is 19.4. The van der Waals surface area contributed by atoms with E-state index in [0.717, 1.165) is 16.3 Å². The molecule has 0 aliphatic carbocycles. The number of hydrogen-bond acceptors (Lipinski definition) is 8. The molecule has 0 radical (unpaired) electrons. The molecule has 3 aromatic heterocycles. The molecule has 4 rings (SSSR count). The first-order chi connectivity index (χ1) is 18.9. The van der Waals surface area contributed by atoms with Gasteiger partial charge in [-0.15, -0.1) is 0 Å². The fourth-order valence-corrected chi connectivity index (χ4v) is 4.07. The molecule has 3 heterocycles. The van der Waals surface area contributed by atoms with E-state index in [-0.39, 0.29) is 41.7 Å². The Labute approximate surface area is 227 Å². The number of halogens is 3. The van der Waals surface area contributed by atoms with Gasteiger partial charge in [-0.1, -0.05) is 0 Å². The largest absolute Gasteiger partial charge is 0.497 e. The van der Waals surface area contributed by atoms with Gasteiger partial charge in [0.1, 0.15) is 11.3 Å². The SMILES string of the molecule is CCOC(=O)c1cc(-c2cnc(Nc3cc(C)cc(OC)c3)nc2-n2nc(C(F)(F)F)cc2C)cn(CC)c1=O. The molecular weight excluding hydrogens is 529 g/mol. The number of nitrogens with zero attached hydrogens (tertiary/aromatic N) is 5. The number of pyridine rings is 1. The maximum Gasteiger partial charge on any atom is 0.435 e. The molecule has 1 N–H and O–H groups in total. The van der Waals surface area contributed by atoms with E-state index >= 15 is 0 Å². The van der Waals surface area contributed by atoms with Gasteiger partial charge in [0.05, 0.1) is 13.7 Å². The summed E-state index contributed by atoms with van der Waals surface area (Å²) in [5, 5.41) is 6.82. The zero-order valence-corrected chi connectivity index (χ0v) is 22.5. The second-order valence-electron chi connectivity index (χ2n) is 8.83. The van der Waals surface area contributed by atoms with Crippen molar-refractivity contribution in [3.63, 3.8) is 0 Å². The van der Waals surface area contributed by atoms with Crippen LogP contribution in [-0.2, 0) is 17.5 Å². The molecule has 4 aromatic rings. The lowest BCUT2D eigenvalue weighted by atomic mass is 10.1. The van der Waals surface area contributed by atoms with Crippen LogP contribution in [0, 0.1) is 13.8 Å². The summed E-state index contributed by atoms with van der Waals surface area (Å²) in [5.74, 6) is -0.156. The van der Waals surface area contributed by atoms with Crippen molar-refractivity contribution in [3.8, 4) is 22.7 Å². The average Bonchev–Trinajstić information content (AvgIpc) is 3.30. The first-order valence-corrected chi connectivity index (χ1v) is 12.3. The van der Waals surface area contributed by atoms with E-state index in [0.29, 0.717) is 17.0 Å². The van der Waals surface area contributed by atoms with E-state index in [4.69, 9.17) is 9.47 Å². The molecule has 0 saturated heterocycles. The van der Waals surface area contributed by atoms with Gasteiger partial charge in [-0.2, -0.15) is 23.3 Å². The third-order valence-corrected chi connectivity index (χ3v) is 5.92. The van der Waals surface area contributed by atoms with Gasteiger partial charge in [-0.3, -0.25) is 4.79 Å². The minimum atomic E-state index is -4.69. The van der Waals surface area contributed by atoms with Gasteiger partial charge in [0.2, 0.25) is 5.95 Å². The van der Waals surface area contributed by atoms with Crippen LogP contribution in [0.1, 0.15) is 41.2 Å². The van der Waals surface area contributed by atoms with Crippen LogP contribution in [0.4, 0.5) is 24.8 Å². The van der Waals surface area contributed by atoms with Gasteiger partial charge in [-0.25, -0.2) is 14.5 Å². The lowest BCUT2D eigenvalue weighted by Gasteiger charge is -2.15. The van der Waals surface area contributed by atoms with Gasteiger partial charge in [0.15, 0.2) is 11.5 Å². The Morgan fingerprint density at radius 3 is 2.48 bits per heavy atom. The number of benzene rings is 1. The molecule has 0 spiro atoms. The zero-order chi connectivity index (χ0) is 29.2. The number of anilines is 2. The topological polar surface area (TPSA) is 113 Å². The number of esters is 1. The quantitative estimate of drug-likeness (QED) is 0.299. The van der Waals surface area contributed by atoms with E-state index in [2.05, 4.69) is 20.4 Å². The average molecular weight is 557 g/mol. The molecule has 40 heavy (non-hydrogen) atoms. The van der Waals surface area contributed by atoms with Crippen LogP contribution in [0.3, 0.4) is 0 Å². The normalized spacial score (nSPS) is 11.4. The van der Waals surface area contributed by atoms with E-state index in [1.165, 1.54) is 37.1 Å². The Morgan fingerprint density at radius 1 is 1.10 bits per heavy atom. The predicted molar refractivity (Wildman–Crippen MR) is 141 cm³/mol. The number of alkyl halides is 3. The summed E-state index contributed by atoms with van der Waals surface area (Å²) >= 11 is 0. The smallest absolute Gasteiger partial charge is 0.435 e. The molecule has 0 aliphatic heterocycles. The van der Waals surface area contributed by atoms with Gasteiger partial charge in [0.25, 0.3) is 5.56 Å². The highest BCUT2D eigenvalue weighted by molar-refractivity contribution is 5.91. The Bertz CT molecular complexity index is 1630. The van der Waals surface area contributed by atoms with Crippen LogP contribution in [0.2, 0.25) is 0 Å². The van der Waals surface area contributed by atoms with Crippen LogP contribution in [0.15, 0.2) is 47.5 Å². The van der Waals surface area contributed by atoms with Crippen LogP contribution < -0.4 is 15.6 Å². The summed E-state index contributed by atoms with van der Waals surface area (Å²) in [6, 6.07) is 7.59. The summed E-state index contributed by atoms with van der Waals surface area (Å²) in [5.41, 5.74) is 0.301. The van der Waals surface area contributed by atoms with Crippen LogP contribution in [0.5, 0.6) is 5.75 Å². The van der Waals surface area contributed by atoms with Crippen molar-refractivity contribution in [1.29, 1.82) is 0 Å². The Hall–Kier alpha value is -4.68. The number of nitrogens with one attached hydrogen (secondary N) is 1. The predicted octanol–water partition coefficient (Wildman–Crippen LogP) is 5.08. The van der Waals surface area contributed by atoms with E-state index in [1.807, 2.05) is 19.1 Å². The third-order valence-electron chi connectivity index (χ3n) is 5.92. The highest BCUT2D eigenvalue weighted by Crippen LogP contribution is 2.32. The molecule has 1 aromatic carbocycles. The zero-order valence-electron chi connectivity index (χ0n) is 22.5. The molecule has 13 heteroatoms. The molecule has 0 bridgehead atoms. The molecule has 0 saturated carbocycles. The molecule has 0 fully saturated rings. The Kier molecular flexibility index (Phi) is 7.93. The maximum atomic E-state index is 13.5. The summed E-state index contributed by atoms with van der Waals surface area (Å²) in [6.07, 6.45) is -1.81. The summed E-state index contributed by atoms with van der Waals surface area (Å²) in [7, 11) is 1.53. The van der Waals surface area contributed by atoms with Gasteiger partial charge < -0.3 is 19.4 Å². The first kappa shape index (κ1) is 28.3. The lowest BCUT2D eigenvalue weighted by Crippen LogP contribution is -2.27. The number of hydrogen-bond donors (Lipinski definition) is 1. The van der Waals surface area contributed by atoms with Gasteiger partial charge in [-0.05, 0) is 57.5 Å². The standard InChI is InChI=1S/C27H27F3N6O4/c1-6-35-14-17(11-20(24(35)37)25(38)40-7-2)21-13-31-26(32-18-8-15(3)9-19(12-18)39-5)33-23(21)36-16(4)10-22(34-36)27(28,29)30/h8-14H,6-7H2,1-5H3,(H,31,32,33). The van der Waals surface area contributed by atoms with Gasteiger partial charge >= 0.3 is 12.1 Å². The summed E-state index contributed by atoms with van der Waals surface area (Å²) in [4.78, 5) is 34.3. The van der Waals surface area contributed by atoms with Crippen molar-refractivity contribution in [2.45, 2.75) is 40.4 Å². The van der Waals surface area contributed by atoms with Gasteiger partial charge in [0, 0.05) is 47.5 Å². The van der Waals surface area contributed by atoms with E-state index in [9.17, 15) is 22.8 Å². The molecule has 10 nitrogen and oxygen atoms in total. The number of carbonyl (C=O) groups is 1. The lowest BCUT2D eigenvalue weighted by molar-refractivity contribution is -0.141. The van der Waals surface area contributed by atoms with Crippen LogP contribution in [-0.4, -0.2) is 44.0 Å². The minimum Gasteiger partial charge on any atom is -0.497 e.